The summed E-state index contributed by atoms with van der Waals surface area (Å²) in [4.78, 5) is 13.0. The first-order valence-corrected chi connectivity index (χ1v) is 12.1. The Morgan fingerprint density at radius 3 is 2.03 bits per heavy atom. The summed E-state index contributed by atoms with van der Waals surface area (Å²) >= 11 is 3.45. The third-order valence-corrected chi connectivity index (χ3v) is 6.83. The highest BCUT2D eigenvalue weighted by Crippen LogP contribution is 2.39. The summed E-state index contributed by atoms with van der Waals surface area (Å²) in [5.74, 6) is -0.665. The second-order valence-corrected chi connectivity index (χ2v) is 9.41. The summed E-state index contributed by atoms with van der Waals surface area (Å²) in [6, 6.07) is 32.1. The number of hydrogen-bond acceptors (Lipinski definition) is 4. The van der Waals surface area contributed by atoms with Gasteiger partial charge in [-0.2, -0.15) is 0 Å². The van der Waals surface area contributed by atoms with Gasteiger partial charge in [-0.3, -0.25) is 0 Å². The molecule has 5 rings (SSSR count). The fourth-order valence-corrected chi connectivity index (χ4v) is 4.72. The van der Waals surface area contributed by atoms with E-state index >= 15 is 0 Å². The molecule has 0 saturated heterocycles. The summed E-state index contributed by atoms with van der Waals surface area (Å²) < 4.78 is 6.55. The lowest BCUT2D eigenvalue weighted by atomic mass is 9.84. The molecule has 174 valence electrons. The minimum atomic E-state index is -0.857. The van der Waals surface area contributed by atoms with Crippen molar-refractivity contribution in [1.82, 2.24) is 0 Å². The maximum Gasteiger partial charge on any atom is 0.343 e. The van der Waals surface area contributed by atoms with E-state index in [1.807, 2.05) is 78.9 Å². The average molecular weight is 527 g/mol. The van der Waals surface area contributed by atoms with Crippen molar-refractivity contribution in [1.29, 1.82) is 0 Å². The normalized spacial score (nSPS) is 13.0. The van der Waals surface area contributed by atoms with E-state index in [4.69, 9.17) is 4.42 Å². The first-order chi connectivity index (χ1) is 17.0. The number of aromatic hydroxyl groups is 1. The Morgan fingerprint density at radius 2 is 1.34 bits per heavy atom. The highest BCUT2D eigenvalue weighted by Gasteiger charge is 2.27. The second kappa shape index (κ2) is 9.90. The molecule has 0 radical (unpaired) electrons. The van der Waals surface area contributed by atoms with Gasteiger partial charge in [-0.05, 0) is 52.9 Å². The molecule has 35 heavy (non-hydrogen) atoms. The Labute approximate surface area is 211 Å². The predicted octanol–water partition coefficient (Wildman–Crippen LogP) is 7.18. The van der Waals surface area contributed by atoms with Crippen LogP contribution in [0.1, 0.15) is 35.1 Å². The van der Waals surface area contributed by atoms with Gasteiger partial charge >= 0.3 is 5.63 Å². The molecule has 4 aromatic carbocycles. The fraction of sp³-hybridized carbons (Fsp3) is 0.100. The van der Waals surface area contributed by atoms with Crippen molar-refractivity contribution >= 4 is 26.9 Å². The Morgan fingerprint density at radius 1 is 0.743 bits per heavy atom. The number of para-hydroxylation sites is 1. The minimum Gasteiger partial charge on any atom is -0.507 e. The van der Waals surface area contributed by atoms with Crippen LogP contribution in [0.4, 0.5) is 0 Å². The highest BCUT2D eigenvalue weighted by molar-refractivity contribution is 9.10. The lowest BCUT2D eigenvalue weighted by Crippen LogP contribution is -2.17. The van der Waals surface area contributed by atoms with Crippen LogP contribution >= 0.6 is 15.9 Å². The molecule has 0 amide bonds. The highest BCUT2D eigenvalue weighted by atomic mass is 79.9. The molecule has 0 unspecified atom stereocenters. The van der Waals surface area contributed by atoms with Crippen molar-refractivity contribution in [2.24, 2.45) is 0 Å². The summed E-state index contributed by atoms with van der Waals surface area (Å²) in [6.45, 7) is 0. The molecule has 1 heterocycles. The van der Waals surface area contributed by atoms with Gasteiger partial charge in [0.2, 0.25) is 0 Å². The zero-order chi connectivity index (χ0) is 24.4. The number of aliphatic hydroxyl groups is 1. The van der Waals surface area contributed by atoms with E-state index in [2.05, 4.69) is 15.9 Å². The van der Waals surface area contributed by atoms with Gasteiger partial charge in [-0.1, -0.05) is 94.8 Å². The maximum atomic E-state index is 13.0. The lowest BCUT2D eigenvalue weighted by molar-refractivity contribution is 0.161. The Bertz CT molecular complexity index is 1510. The van der Waals surface area contributed by atoms with Crippen molar-refractivity contribution in [3.05, 3.63) is 135 Å². The van der Waals surface area contributed by atoms with Crippen molar-refractivity contribution in [2.45, 2.75) is 18.4 Å². The van der Waals surface area contributed by atoms with Crippen molar-refractivity contribution < 1.29 is 14.6 Å². The molecule has 5 aromatic rings. The van der Waals surface area contributed by atoms with Gasteiger partial charge in [0.1, 0.15) is 11.3 Å². The largest absolute Gasteiger partial charge is 0.507 e. The van der Waals surface area contributed by atoms with Crippen LogP contribution in [0.25, 0.3) is 22.1 Å². The zero-order valence-electron chi connectivity index (χ0n) is 18.8. The van der Waals surface area contributed by atoms with Crippen LogP contribution in [-0.2, 0) is 0 Å². The third kappa shape index (κ3) is 4.78. The van der Waals surface area contributed by atoms with Crippen LogP contribution in [-0.4, -0.2) is 10.2 Å². The molecule has 4 nitrogen and oxygen atoms in total. The smallest absolute Gasteiger partial charge is 0.343 e. The first kappa shape index (κ1) is 23.1. The van der Waals surface area contributed by atoms with Crippen LogP contribution in [0.2, 0.25) is 0 Å². The van der Waals surface area contributed by atoms with E-state index in [0.29, 0.717) is 11.0 Å². The molecule has 5 heteroatoms. The van der Waals surface area contributed by atoms with E-state index in [0.717, 1.165) is 26.7 Å². The van der Waals surface area contributed by atoms with Crippen LogP contribution in [0.15, 0.2) is 117 Å². The molecule has 0 saturated carbocycles. The standard InChI is InChI=1S/C30H23BrO4/c31-23-16-14-20(15-17-23)19-10-12-22(13-11-19)26(32)18-25(21-6-2-1-3-7-21)28-29(33)24-8-4-5-9-27(24)35-30(28)34/h1-17,25-26,32-33H,18H2/t25-,26-/m1/s1. The Hall–Kier alpha value is -3.67. The van der Waals surface area contributed by atoms with Crippen molar-refractivity contribution in [3.8, 4) is 16.9 Å². The summed E-state index contributed by atoms with van der Waals surface area (Å²) in [5, 5.41) is 22.7. The van der Waals surface area contributed by atoms with E-state index in [1.165, 1.54) is 0 Å². The summed E-state index contributed by atoms with van der Waals surface area (Å²) in [5.41, 5.74) is 3.55. The molecule has 0 aliphatic heterocycles. The number of hydrogen-bond donors (Lipinski definition) is 2. The zero-order valence-corrected chi connectivity index (χ0v) is 20.4. The number of benzene rings is 4. The molecule has 0 fully saturated rings. The number of rotatable bonds is 6. The number of halogens is 1. The third-order valence-electron chi connectivity index (χ3n) is 6.30. The topological polar surface area (TPSA) is 70.7 Å². The van der Waals surface area contributed by atoms with E-state index < -0.39 is 17.6 Å². The molecule has 2 atom stereocenters. The Balaban J connectivity index is 1.50. The van der Waals surface area contributed by atoms with Gasteiger partial charge in [0.05, 0.1) is 17.1 Å². The molecule has 0 spiro atoms. The monoisotopic (exact) mass is 526 g/mol. The molecule has 0 aliphatic rings. The van der Waals surface area contributed by atoms with Gasteiger partial charge in [0.15, 0.2) is 0 Å². The first-order valence-electron chi connectivity index (χ1n) is 11.3. The van der Waals surface area contributed by atoms with Crippen LogP contribution in [0.3, 0.4) is 0 Å². The molecular weight excluding hydrogens is 504 g/mol. The average Bonchev–Trinajstić information content (AvgIpc) is 2.89. The molecule has 0 aliphatic carbocycles. The van der Waals surface area contributed by atoms with Crippen molar-refractivity contribution in [2.75, 3.05) is 0 Å². The van der Waals surface area contributed by atoms with Crippen LogP contribution < -0.4 is 5.63 Å². The quantitative estimate of drug-likeness (QED) is 0.230. The minimum absolute atomic E-state index is 0.108. The van der Waals surface area contributed by atoms with Gasteiger partial charge < -0.3 is 14.6 Å². The SMILES string of the molecule is O=c1oc2ccccc2c(O)c1[C@H](C[C@@H](O)c1ccc(-c2ccc(Br)cc2)cc1)c1ccccc1. The van der Waals surface area contributed by atoms with Gasteiger partial charge in [-0.25, -0.2) is 4.79 Å². The number of aliphatic hydroxyl groups excluding tert-OH is 1. The lowest BCUT2D eigenvalue weighted by Gasteiger charge is -2.22. The van der Waals surface area contributed by atoms with Gasteiger partial charge in [-0.15, -0.1) is 0 Å². The molecule has 0 bridgehead atoms. The van der Waals surface area contributed by atoms with E-state index in [9.17, 15) is 15.0 Å². The predicted molar refractivity (Wildman–Crippen MR) is 142 cm³/mol. The summed E-state index contributed by atoms with van der Waals surface area (Å²) in [7, 11) is 0. The van der Waals surface area contributed by atoms with Crippen LogP contribution in [0.5, 0.6) is 5.75 Å². The summed E-state index contributed by atoms with van der Waals surface area (Å²) in [6.07, 6.45) is -0.650. The maximum absolute atomic E-state index is 13.0. The molecule has 2 N–H and O–H groups in total. The van der Waals surface area contributed by atoms with Crippen LogP contribution in [0, 0.1) is 0 Å². The van der Waals surface area contributed by atoms with E-state index in [-0.39, 0.29) is 17.7 Å². The number of fused-ring (bicyclic) bond motifs is 1. The van der Waals surface area contributed by atoms with E-state index in [1.54, 1.807) is 24.3 Å². The molecule has 1 aromatic heterocycles. The van der Waals surface area contributed by atoms with Gasteiger partial charge in [0.25, 0.3) is 0 Å². The van der Waals surface area contributed by atoms with Crippen molar-refractivity contribution in [3.63, 3.8) is 0 Å². The second-order valence-electron chi connectivity index (χ2n) is 8.49. The molecular formula is C30H23BrO4. The Kier molecular flexibility index (Phi) is 6.53. The van der Waals surface area contributed by atoms with Gasteiger partial charge in [0, 0.05) is 10.4 Å². The fourth-order valence-electron chi connectivity index (χ4n) is 4.46.